The lowest BCUT2D eigenvalue weighted by Gasteiger charge is -2.10. The standard InChI is InChI=1S/C22H19BrN4O3S/c1-14-10-16(11-17(13-24)22(28)26-19-5-3-4-18(23)12-19)15(2)27(14)20-6-8-21(9-7-20)31(25,29)30/h3-12H,1-2H3,(H,26,28)(H2,25,29,30)/b17-11-. The van der Waals surface area contributed by atoms with Gasteiger partial charge in [-0.05, 0) is 74.0 Å². The molecule has 1 amide bonds. The van der Waals surface area contributed by atoms with Crippen LogP contribution < -0.4 is 10.5 Å². The second kappa shape index (κ2) is 8.89. The van der Waals surface area contributed by atoms with Crippen molar-refractivity contribution in [2.45, 2.75) is 18.7 Å². The minimum absolute atomic E-state index is 0.0230. The third-order valence-corrected chi connectivity index (χ3v) is 6.06. The minimum Gasteiger partial charge on any atom is -0.321 e. The Morgan fingerprint density at radius 1 is 1.16 bits per heavy atom. The third-order valence-electron chi connectivity index (χ3n) is 4.64. The molecule has 0 saturated carbocycles. The summed E-state index contributed by atoms with van der Waals surface area (Å²) in [4.78, 5) is 12.6. The van der Waals surface area contributed by atoms with Crippen LogP contribution >= 0.6 is 15.9 Å². The van der Waals surface area contributed by atoms with Gasteiger partial charge >= 0.3 is 0 Å². The van der Waals surface area contributed by atoms with E-state index in [9.17, 15) is 18.5 Å². The fourth-order valence-electron chi connectivity index (χ4n) is 3.18. The topological polar surface area (TPSA) is 118 Å². The van der Waals surface area contributed by atoms with Crippen LogP contribution in [-0.2, 0) is 14.8 Å². The maximum Gasteiger partial charge on any atom is 0.266 e. The number of nitrogens with one attached hydrogen (secondary N) is 1. The van der Waals surface area contributed by atoms with Crippen molar-refractivity contribution in [3.05, 3.63) is 81.6 Å². The molecule has 3 N–H and O–H groups in total. The number of nitrogens with zero attached hydrogens (tertiary/aromatic N) is 2. The second-order valence-corrected chi connectivity index (χ2v) is 9.31. The van der Waals surface area contributed by atoms with Gasteiger partial charge < -0.3 is 9.88 Å². The maximum atomic E-state index is 12.6. The number of rotatable bonds is 5. The highest BCUT2D eigenvalue weighted by Crippen LogP contribution is 2.24. The van der Waals surface area contributed by atoms with Crippen LogP contribution in [-0.4, -0.2) is 18.9 Å². The Labute approximate surface area is 189 Å². The molecular formula is C22H19BrN4O3S. The van der Waals surface area contributed by atoms with E-state index in [0.717, 1.165) is 21.5 Å². The number of nitrogens with two attached hydrogens (primary N) is 1. The summed E-state index contributed by atoms with van der Waals surface area (Å²) in [6, 6.07) is 17.1. The molecule has 7 nitrogen and oxygen atoms in total. The molecular weight excluding hydrogens is 480 g/mol. The van der Waals surface area contributed by atoms with E-state index in [1.165, 1.54) is 18.2 Å². The maximum absolute atomic E-state index is 12.6. The number of halogens is 1. The van der Waals surface area contributed by atoms with E-state index in [0.29, 0.717) is 11.3 Å². The lowest BCUT2D eigenvalue weighted by Crippen LogP contribution is -2.13. The van der Waals surface area contributed by atoms with Gasteiger partial charge in [-0.15, -0.1) is 0 Å². The zero-order valence-corrected chi connectivity index (χ0v) is 19.2. The number of amides is 1. The summed E-state index contributed by atoms with van der Waals surface area (Å²) < 4.78 is 25.7. The average Bonchev–Trinajstić information content (AvgIpc) is 2.98. The SMILES string of the molecule is Cc1cc(/C=C(/C#N)C(=O)Nc2cccc(Br)c2)c(C)n1-c1ccc(S(N)(=O)=O)cc1. The molecule has 0 radical (unpaired) electrons. The molecule has 158 valence electrons. The number of hydrogen-bond acceptors (Lipinski definition) is 4. The molecule has 9 heteroatoms. The van der Waals surface area contributed by atoms with Crippen molar-refractivity contribution in [3.63, 3.8) is 0 Å². The normalized spacial score (nSPS) is 11.8. The molecule has 0 saturated heterocycles. The third kappa shape index (κ3) is 5.11. The fraction of sp³-hybridized carbons (Fsp3) is 0.0909. The number of anilines is 1. The molecule has 0 fully saturated rings. The first-order valence-corrected chi connectivity index (χ1v) is 11.4. The second-order valence-electron chi connectivity index (χ2n) is 6.84. The number of carbonyl (C=O) groups excluding carboxylic acids is 1. The van der Waals surface area contributed by atoms with Crippen molar-refractivity contribution >= 4 is 43.6 Å². The Morgan fingerprint density at radius 3 is 2.42 bits per heavy atom. The Morgan fingerprint density at radius 2 is 1.84 bits per heavy atom. The van der Waals surface area contributed by atoms with Crippen molar-refractivity contribution in [1.29, 1.82) is 5.26 Å². The Bertz CT molecular complexity index is 1330. The first-order chi connectivity index (χ1) is 14.6. The van der Waals surface area contributed by atoms with Crippen LogP contribution in [0, 0.1) is 25.2 Å². The molecule has 0 aliphatic rings. The molecule has 2 aromatic carbocycles. The lowest BCUT2D eigenvalue weighted by atomic mass is 10.1. The molecule has 3 rings (SSSR count). The van der Waals surface area contributed by atoms with Gasteiger partial charge in [-0.1, -0.05) is 22.0 Å². The van der Waals surface area contributed by atoms with Crippen LogP contribution in [0.2, 0.25) is 0 Å². The largest absolute Gasteiger partial charge is 0.321 e. The van der Waals surface area contributed by atoms with Crippen molar-refractivity contribution < 1.29 is 13.2 Å². The average molecular weight is 499 g/mol. The number of nitriles is 1. The molecule has 0 aliphatic carbocycles. The summed E-state index contributed by atoms with van der Waals surface area (Å²) in [5.74, 6) is -0.511. The summed E-state index contributed by atoms with van der Waals surface area (Å²) in [5, 5.41) is 17.4. The molecule has 0 aliphatic heterocycles. The van der Waals surface area contributed by atoms with E-state index in [1.807, 2.05) is 36.6 Å². The predicted molar refractivity (Wildman–Crippen MR) is 123 cm³/mol. The van der Waals surface area contributed by atoms with Gasteiger partial charge in [-0.25, -0.2) is 13.6 Å². The number of hydrogen-bond donors (Lipinski definition) is 2. The van der Waals surface area contributed by atoms with Crippen LogP contribution in [0.3, 0.4) is 0 Å². The number of aryl methyl sites for hydroxylation is 1. The smallest absolute Gasteiger partial charge is 0.266 e. The summed E-state index contributed by atoms with van der Waals surface area (Å²) in [6.45, 7) is 3.74. The number of carbonyl (C=O) groups is 1. The van der Waals surface area contributed by atoms with Gasteiger partial charge in [0, 0.05) is 27.2 Å². The Hall–Kier alpha value is -3.19. The zero-order chi connectivity index (χ0) is 22.8. The summed E-state index contributed by atoms with van der Waals surface area (Å²) in [6.07, 6.45) is 1.53. The van der Waals surface area contributed by atoms with Crippen LogP contribution in [0.5, 0.6) is 0 Å². The van der Waals surface area contributed by atoms with Gasteiger partial charge in [0.1, 0.15) is 11.6 Å². The van der Waals surface area contributed by atoms with E-state index >= 15 is 0 Å². The number of aromatic nitrogens is 1. The van der Waals surface area contributed by atoms with E-state index < -0.39 is 15.9 Å². The van der Waals surface area contributed by atoms with E-state index in [4.69, 9.17) is 5.14 Å². The van der Waals surface area contributed by atoms with Gasteiger partial charge in [0.05, 0.1) is 4.90 Å². The number of primary sulfonamides is 1. The van der Waals surface area contributed by atoms with Crippen molar-refractivity contribution in [2.75, 3.05) is 5.32 Å². The van der Waals surface area contributed by atoms with Gasteiger partial charge in [0.25, 0.3) is 5.91 Å². The van der Waals surface area contributed by atoms with Crippen LogP contribution in [0.1, 0.15) is 17.0 Å². The number of sulfonamides is 1. The van der Waals surface area contributed by atoms with Gasteiger partial charge in [0.15, 0.2) is 0 Å². The van der Waals surface area contributed by atoms with E-state index in [2.05, 4.69) is 21.2 Å². The number of benzene rings is 2. The molecule has 1 heterocycles. The van der Waals surface area contributed by atoms with Crippen molar-refractivity contribution in [1.82, 2.24) is 4.57 Å². The first kappa shape index (κ1) is 22.5. The molecule has 0 spiro atoms. The van der Waals surface area contributed by atoms with Crippen LogP contribution in [0.4, 0.5) is 5.69 Å². The lowest BCUT2D eigenvalue weighted by molar-refractivity contribution is -0.112. The van der Waals surface area contributed by atoms with Gasteiger partial charge in [-0.3, -0.25) is 4.79 Å². The van der Waals surface area contributed by atoms with Gasteiger partial charge in [-0.2, -0.15) is 5.26 Å². The molecule has 31 heavy (non-hydrogen) atoms. The summed E-state index contributed by atoms with van der Waals surface area (Å²) in [5.41, 5.74) is 3.62. The van der Waals surface area contributed by atoms with E-state index in [-0.39, 0.29) is 10.5 Å². The Balaban J connectivity index is 1.93. The molecule has 1 aromatic heterocycles. The highest BCUT2D eigenvalue weighted by Gasteiger charge is 2.15. The van der Waals surface area contributed by atoms with Crippen molar-refractivity contribution in [3.8, 4) is 11.8 Å². The highest BCUT2D eigenvalue weighted by atomic mass is 79.9. The molecule has 3 aromatic rings. The monoisotopic (exact) mass is 498 g/mol. The molecule has 0 atom stereocenters. The van der Waals surface area contributed by atoms with Crippen LogP contribution in [0.15, 0.2) is 69.5 Å². The summed E-state index contributed by atoms with van der Waals surface area (Å²) in [7, 11) is -3.78. The quantitative estimate of drug-likeness (QED) is 0.407. The predicted octanol–water partition coefficient (Wildman–Crippen LogP) is 4.05. The minimum atomic E-state index is -3.78. The van der Waals surface area contributed by atoms with Crippen molar-refractivity contribution in [2.24, 2.45) is 5.14 Å². The van der Waals surface area contributed by atoms with Gasteiger partial charge in [0.2, 0.25) is 10.0 Å². The highest BCUT2D eigenvalue weighted by molar-refractivity contribution is 9.10. The first-order valence-electron chi connectivity index (χ1n) is 9.11. The fourth-order valence-corrected chi connectivity index (χ4v) is 4.10. The molecule has 0 unspecified atom stereocenters. The Kier molecular flexibility index (Phi) is 6.45. The summed E-state index contributed by atoms with van der Waals surface area (Å²) >= 11 is 3.34. The zero-order valence-electron chi connectivity index (χ0n) is 16.8. The van der Waals surface area contributed by atoms with E-state index in [1.54, 1.807) is 30.3 Å². The molecule has 0 bridgehead atoms. The van der Waals surface area contributed by atoms with Crippen LogP contribution in [0.25, 0.3) is 11.8 Å².